The lowest BCUT2D eigenvalue weighted by atomic mass is 10.2. The molecule has 1 fully saturated rings. The first kappa shape index (κ1) is 19.5. The van der Waals surface area contributed by atoms with Crippen molar-refractivity contribution < 1.29 is 4.79 Å². The smallest absolute Gasteiger partial charge is 0.273 e. The van der Waals surface area contributed by atoms with Gasteiger partial charge in [0.2, 0.25) is 5.95 Å². The first-order valence-electron chi connectivity index (χ1n) is 9.67. The number of anilines is 2. The van der Waals surface area contributed by atoms with Gasteiger partial charge >= 0.3 is 0 Å². The van der Waals surface area contributed by atoms with Crippen molar-refractivity contribution in [1.82, 2.24) is 24.8 Å². The van der Waals surface area contributed by atoms with Crippen LogP contribution in [0.4, 0.5) is 11.1 Å². The van der Waals surface area contributed by atoms with E-state index in [1.165, 1.54) is 16.9 Å². The van der Waals surface area contributed by atoms with Crippen LogP contribution in [-0.4, -0.2) is 56.8 Å². The molecule has 1 aliphatic heterocycles. The Morgan fingerprint density at radius 1 is 1.03 bits per heavy atom. The van der Waals surface area contributed by atoms with Gasteiger partial charge in [0.1, 0.15) is 5.69 Å². The lowest BCUT2D eigenvalue weighted by Gasteiger charge is -2.34. The molecular weight excluding hydrogens is 384 g/mol. The summed E-state index contributed by atoms with van der Waals surface area (Å²) in [6, 6.07) is 12.3. The number of hydrogen-bond donors (Lipinski definition) is 1. The third-order valence-electron chi connectivity index (χ3n) is 4.83. The topological polar surface area (TPSA) is 74.2 Å². The van der Waals surface area contributed by atoms with E-state index in [-0.39, 0.29) is 5.91 Å². The maximum absolute atomic E-state index is 12.8. The summed E-state index contributed by atoms with van der Waals surface area (Å²) in [5, 5.41) is 5.53. The maximum Gasteiger partial charge on any atom is 0.273 e. The molecule has 150 valence electrons. The SMILES string of the molecule is Cc1cc(C)nc(Nc2nc(C(=O)N3CCN(Cc4ccccc4)CC3)cs2)n1. The molecule has 1 amide bonds. The van der Waals surface area contributed by atoms with Crippen LogP contribution in [0.2, 0.25) is 0 Å². The van der Waals surface area contributed by atoms with Gasteiger partial charge in [-0.3, -0.25) is 9.69 Å². The van der Waals surface area contributed by atoms with Crippen molar-refractivity contribution in [2.75, 3.05) is 31.5 Å². The van der Waals surface area contributed by atoms with Crippen LogP contribution >= 0.6 is 11.3 Å². The van der Waals surface area contributed by atoms with Crippen molar-refractivity contribution in [3.05, 3.63) is 64.4 Å². The molecule has 1 N–H and O–H groups in total. The van der Waals surface area contributed by atoms with Gasteiger partial charge in [-0.15, -0.1) is 11.3 Å². The van der Waals surface area contributed by atoms with Crippen molar-refractivity contribution in [3.63, 3.8) is 0 Å². The molecule has 2 aromatic heterocycles. The molecule has 0 spiro atoms. The number of hydrogen-bond acceptors (Lipinski definition) is 7. The van der Waals surface area contributed by atoms with E-state index >= 15 is 0 Å². The van der Waals surface area contributed by atoms with Gasteiger partial charge in [0.15, 0.2) is 5.13 Å². The normalized spacial score (nSPS) is 14.8. The van der Waals surface area contributed by atoms with Gasteiger partial charge in [-0.2, -0.15) is 0 Å². The first-order valence-corrected chi connectivity index (χ1v) is 10.6. The molecule has 8 heteroatoms. The number of aromatic nitrogens is 3. The molecule has 0 unspecified atom stereocenters. The zero-order valence-corrected chi connectivity index (χ0v) is 17.4. The van der Waals surface area contributed by atoms with Crippen LogP contribution in [-0.2, 0) is 6.54 Å². The van der Waals surface area contributed by atoms with E-state index in [1.807, 2.05) is 30.9 Å². The Balaban J connectivity index is 1.33. The summed E-state index contributed by atoms with van der Waals surface area (Å²) < 4.78 is 0. The number of piperazine rings is 1. The fraction of sp³-hybridized carbons (Fsp3) is 0.333. The van der Waals surface area contributed by atoms with E-state index in [0.717, 1.165) is 31.0 Å². The van der Waals surface area contributed by atoms with Gasteiger partial charge in [0, 0.05) is 49.5 Å². The van der Waals surface area contributed by atoms with E-state index in [9.17, 15) is 4.79 Å². The summed E-state index contributed by atoms with van der Waals surface area (Å²) in [5.41, 5.74) is 3.55. The van der Waals surface area contributed by atoms with E-state index in [1.54, 1.807) is 5.38 Å². The van der Waals surface area contributed by atoms with Crippen molar-refractivity contribution >= 4 is 28.3 Å². The monoisotopic (exact) mass is 408 g/mol. The molecule has 3 heterocycles. The lowest BCUT2D eigenvalue weighted by molar-refractivity contribution is 0.0623. The fourth-order valence-corrected chi connectivity index (χ4v) is 4.10. The Labute approximate surface area is 174 Å². The molecule has 4 rings (SSSR count). The number of nitrogens with zero attached hydrogens (tertiary/aromatic N) is 5. The van der Waals surface area contributed by atoms with Crippen LogP contribution in [0.1, 0.15) is 27.4 Å². The van der Waals surface area contributed by atoms with Gasteiger partial charge in [0.05, 0.1) is 0 Å². The molecule has 3 aromatic rings. The summed E-state index contributed by atoms with van der Waals surface area (Å²) in [7, 11) is 0. The number of thiazole rings is 1. The quantitative estimate of drug-likeness (QED) is 0.699. The number of aryl methyl sites for hydroxylation is 2. The van der Waals surface area contributed by atoms with E-state index in [2.05, 4.69) is 49.4 Å². The number of carbonyl (C=O) groups excluding carboxylic acids is 1. The minimum Gasteiger partial charge on any atom is -0.335 e. The van der Waals surface area contributed by atoms with Gasteiger partial charge < -0.3 is 10.2 Å². The van der Waals surface area contributed by atoms with Crippen molar-refractivity contribution in [2.24, 2.45) is 0 Å². The third kappa shape index (κ3) is 4.96. The highest BCUT2D eigenvalue weighted by Gasteiger charge is 2.24. The van der Waals surface area contributed by atoms with Crippen molar-refractivity contribution in [2.45, 2.75) is 20.4 Å². The number of amides is 1. The predicted molar refractivity (Wildman–Crippen MR) is 115 cm³/mol. The highest BCUT2D eigenvalue weighted by Crippen LogP contribution is 2.21. The summed E-state index contributed by atoms with van der Waals surface area (Å²) in [4.78, 5) is 30.3. The highest BCUT2D eigenvalue weighted by molar-refractivity contribution is 7.14. The van der Waals surface area contributed by atoms with E-state index < -0.39 is 0 Å². The Kier molecular flexibility index (Phi) is 5.82. The van der Waals surface area contributed by atoms with Crippen LogP contribution in [0.5, 0.6) is 0 Å². The average Bonchev–Trinajstić information content (AvgIpc) is 3.16. The molecule has 1 saturated heterocycles. The molecule has 0 aliphatic carbocycles. The molecule has 0 saturated carbocycles. The summed E-state index contributed by atoms with van der Waals surface area (Å²) >= 11 is 1.39. The maximum atomic E-state index is 12.8. The van der Waals surface area contributed by atoms with Crippen LogP contribution in [0.15, 0.2) is 41.8 Å². The Hall–Kier alpha value is -2.84. The minimum absolute atomic E-state index is 0.0185. The number of carbonyl (C=O) groups is 1. The van der Waals surface area contributed by atoms with Gasteiger partial charge in [-0.05, 0) is 25.5 Å². The standard InChI is InChI=1S/C21H24N6OS/c1-15-12-16(2)23-20(22-15)25-21-24-18(14-29-21)19(28)27-10-8-26(9-11-27)13-17-6-4-3-5-7-17/h3-7,12,14H,8-11,13H2,1-2H3,(H,22,23,24,25). The second-order valence-electron chi connectivity index (χ2n) is 7.19. The summed E-state index contributed by atoms with van der Waals surface area (Å²) in [6.07, 6.45) is 0. The third-order valence-corrected chi connectivity index (χ3v) is 5.59. The van der Waals surface area contributed by atoms with E-state index in [0.29, 0.717) is 29.9 Å². The van der Waals surface area contributed by atoms with Crippen LogP contribution in [0.25, 0.3) is 0 Å². The average molecular weight is 409 g/mol. The molecule has 7 nitrogen and oxygen atoms in total. The number of benzene rings is 1. The minimum atomic E-state index is -0.0185. The molecule has 29 heavy (non-hydrogen) atoms. The summed E-state index contributed by atoms with van der Waals surface area (Å²) in [5.74, 6) is 0.486. The second-order valence-corrected chi connectivity index (χ2v) is 8.05. The largest absolute Gasteiger partial charge is 0.335 e. The van der Waals surface area contributed by atoms with Crippen LogP contribution < -0.4 is 5.32 Å². The molecular formula is C21H24N6OS. The summed E-state index contributed by atoms with van der Waals surface area (Å²) in [6.45, 7) is 7.93. The van der Waals surface area contributed by atoms with Gasteiger partial charge in [-0.1, -0.05) is 30.3 Å². The van der Waals surface area contributed by atoms with Gasteiger partial charge in [0.25, 0.3) is 5.91 Å². The Morgan fingerprint density at radius 2 is 1.72 bits per heavy atom. The molecule has 0 atom stereocenters. The van der Waals surface area contributed by atoms with Gasteiger partial charge in [-0.25, -0.2) is 15.0 Å². The van der Waals surface area contributed by atoms with E-state index in [4.69, 9.17) is 0 Å². The zero-order chi connectivity index (χ0) is 20.2. The zero-order valence-electron chi connectivity index (χ0n) is 16.6. The number of nitrogens with one attached hydrogen (secondary N) is 1. The van der Waals surface area contributed by atoms with Crippen LogP contribution in [0.3, 0.4) is 0 Å². The predicted octanol–water partition coefficient (Wildman–Crippen LogP) is 3.25. The first-order chi connectivity index (χ1) is 14.1. The Bertz CT molecular complexity index is 962. The highest BCUT2D eigenvalue weighted by atomic mass is 32.1. The fourth-order valence-electron chi connectivity index (χ4n) is 3.42. The molecule has 1 aliphatic rings. The molecule has 0 radical (unpaired) electrons. The number of rotatable bonds is 5. The van der Waals surface area contributed by atoms with Crippen molar-refractivity contribution in [3.8, 4) is 0 Å². The lowest BCUT2D eigenvalue weighted by Crippen LogP contribution is -2.48. The molecule has 0 bridgehead atoms. The van der Waals surface area contributed by atoms with Crippen molar-refractivity contribution in [1.29, 1.82) is 0 Å². The second kappa shape index (κ2) is 8.67. The van der Waals surface area contributed by atoms with Crippen LogP contribution in [0, 0.1) is 13.8 Å². The molecule has 1 aromatic carbocycles. The Morgan fingerprint density at radius 3 is 2.41 bits per heavy atom.